The van der Waals surface area contributed by atoms with Crippen molar-refractivity contribution in [2.24, 2.45) is 0 Å². The van der Waals surface area contributed by atoms with Crippen molar-refractivity contribution >= 4 is 11.0 Å². The van der Waals surface area contributed by atoms with Crippen molar-refractivity contribution in [1.82, 2.24) is 0 Å². The topological polar surface area (TPSA) is 0 Å². The SMILES string of the molecule is [Cu].[Ni].[Si].[Ti]. The van der Waals surface area contributed by atoms with E-state index in [4.69, 9.17) is 0 Å². The van der Waals surface area contributed by atoms with Crippen LogP contribution in [0.2, 0.25) is 0 Å². The summed E-state index contributed by atoms with van der Waals surface area (Å²) in [4.78, 5) is 0. The molecule has 0 unspecified atom stereocenters. The molecule has 5 radical (unpaired) electrons. The zero-order valence-corrected chi connectivity index (χ0v) is 6.11. The third kappa shape index (κ3) is 9.05. The van der Waals surface area contributed by atoms with Crippen molar-refractivity contribution in [3.63, 3.8) is 0 Å². The van der Waals surface area contributed by atoms with E-state index in [1.54, 1.807) is 0 Å². The Bertz CT molecular complexity index is 8.00. The van der Waals surface area contributed by atoms with E-state index >= 15 is 0 Å². The van der Waals surface area contributed by atoms with Crippen molar-refractivity contribution in [3.8, 4) is 0 Å². The summed E-state index contributed by atoms with van der Waals surface area (Å²) in [5.74, 6) is 0. The smallest absolute Gasteiger partial charge is 0 e. The zero-order chi connectivity index (χ0) is 0. The van der Waals surface area contributed by atoms with Crippen LogP contribution < -0.4 is 0 Å². The van der Waals surface area contributed by atoms with Gasteiger partial charge >= 0.3 is 0 Å². The molecular weight excluding hydrogens is 198 g/mol. The number of rotatable bonds is 0. The summed E-state index contributed by atoms with van der Waals surface area (Å²) in [7, 11) is 0. The molecule has 0 amide bonds. The molecule has 0 spiro atoms. The van der Waals surface area contributed by atoms with Crippen molar-refractivity contribution in [3.05, 3.63) is 0 Å². The predicted molar refractivity (Wildman–Crippen MR) is 5.75 cm³/mol. The van der Waals surface area contributed by atoms with Gasteiger partial charge in [-0.05, 0) is 0 Å². The monoisotopic (exact) mass is 197 g/mol. The summed E-state index contributed by atoms with van der Waals surface area (Å²) >= 11 is 0. The van der Waals surface area contributed by atoms with Gasteiger partial charge in [-0.2, -0.15) is 0 Å². The van der Waals surface area contributed by atoms with E-state index in [1.165, 1.54) is 0 Å². The molecule has 0 N–H and O–H groups in total. The molecule has 4 heavy (non-hydrogen) atoms. The fourth-order valence-electron chi connectivity index (χ4n) is 0. The summed E-state index contributed by atoms with van der Waals surface area (Å²) < 4.78 is 0. The van der Waals surface area contributed by atoms with Gasteiger partial charge in [0.25, 0.3) is 0 Å². The average Bonchev–Trinajstić information content (AvgIpc) is 0. The van der Waals surface area contributed by atoms with E-state index in [0.717, 1.165) is 0 Å². The maximum atomic E-state index is 0. The van der Waals surface area contributed by atoms with Gasteiger partial charge in [0.2, 0.25) is 0 Å². The van der Waals surface area contributed by atoms with Crippen LogP contribution in [-0.2, 0) is 55.3 Å². The minimum Gasteiger partial charge on any atom is 0 e. The third-order valence-electron chi connectivity index (χ3n) is 0. The first-order valence-electron chi connectivity index (χ1n) is 0. The molecule has 0 bridgehead atoms. The molecule has 0 nitrogen and oxygen atoms in total. The van der Waals surface area contributed by atoms with Gasteiger partial charge in [0, 0.05) is 66.2 Å². The summed E-state index contributed by atoms with van der Waals surface area (Å²) in [5.41, 5.74) is 0. The first-order chi connectivity index (χ1) is 0. The van der Waals surface area contributed by atoms with Crippen LogP contribution in [-0.4, -0.2) is 11.0 Å². The van der Waals surface area contributed by atoms with Gasteiger partial charge in [-0.25, -0.2) is 0 Å². The molecule has 0 aromatic carbocycles. The van der Waals surface area contributed by atoms with Gasteiger partial charge in [0.1, 0.15) is 0 Å². The molecule has 0 saturated carbocycles. The Morgan fingerprint density at radius 3 is 1.00 bits per heavy atom. The summed E-state index contributed by atoms with van der Waals surface area (Å²) in [6.45, 7) is 0. The predicted octanol–water partition coefficient (Wildman–Crippen LogP) is -0.388. The second kappa shape index (κ2) is 20.3. The molecule has 0 atom stereocenters. The van der Waals surface area contributed by atoms with Gasteiger partial charge in [-0.15, -0.1) is 0 Å². The first kappa shape index (κ1) is 38.4. The van der Waals surface area contributed by atoms with E-state index in [-0.39, 0.29) is 66.2 Å². The van der Waals surface area contributed by atoms with Gasteiger partial charge < -0.3 is 0 Å². The molecule has 0 aromatic heterocycles. The van der Waals surface area contributed by atoms with E-state index in [1.807, 2.05) is 0 Å². The van der Waals surface area contributed by atoms with Crippen LogP contribution in [0.25, 0.3) is 0 Å². The van der Waals surface area contributed by atoms with Crippen LogP contribution in [0.3, 0.4) is 0 Å². The molecule has 0 aromatic rings. The molecule has 0 aliphatic carbocycles. The Hall–Kier alpha value is 1.94. The molecule has 0 heterocycles. The van der Waals surface area contributed by atoms with Gasteiger partial charge in [0.05, 0.1) is 0 Å². The van der Waals surface area contributed by atoms with E-state index in [9.17, 15) is 0 Å². The van der Waals surface area contributed by atoms with Crippen molar-refractivity contribution in [1.29, 1.82) is 0 Å². The van der Waals surface area contributed by atoms with E-state index in [2.05, 4.69) is 0 Å². The quantitative estimate of drug-likeness (QED) is 0.465. The standard InChI is InChI=1S/Cu.Ni.Si.Ti. The van der Waals surface area contributed by atoms with Crippen molar-refractivity contribution < 1.29 is 55.3 Å². The average molecular weight is 198 g/mol. The summed E-state index contributed by atoms with van der Waals surface area (Å²) in [6.07, 6.45) is 0. The van der Waals surface area contributed by atoms with E-state index in [0.29, 0.717) is 0 Å². The van der Waals surface area contributed by atoms with Crippen molar-refractivity contribution in [2.45, 2.75) is 0 Å². The Labute approximate surface area is 65.8 Å². The molecule has 0 aliphatic heterocycles. The largest absolute Gasteiger partial charge is 0 e. The second-order valence-corrected chi connectivity index (χ2v) is 0. The Morgan fingerprint density at radius 2 is 1.00 bits per heavy atom. The fourth-order valence-corrected chi connectivity index (χ4v) is 0. The van der Waals surface area contributed by atoms with Crippen LogP contribution in [0.15, 0.2) is 0 Å². The Balaban J connectivity index is 0. The van der Waals surface area contributed by atoms with Gasteiger partial charge in [0.15, 0.2) is 0 Å². The van der Waals surface area contributed by atoms with E-state index < -0.39 is 0 Å². The van der Waals surface area contributed by atoms with Crippen LogP contribution in [0.4, 0.5) is 0 Å². The molecule has 4 heteroatoms. The maximum Gasteiger partial charge on any atom is 0 e. The second-order valence-electron chi connectivity index (χ2n) is 0. The van der Waals surface area contributed by atoms with Crippen LogP contribution in [0, 0.1) is 0 Å². The summed E-state index contributed by atoms with van der Waals surface area (Å²) in [5, 5.41) is 0. The van der Waals surface area contributed by atoms with Crippen LogP contribution in [0.1, 0.15) is 0 Å². The Morgan fingerprint density at radius 1 is 1.00 bits per heavy atom. The minimum absolute atomic E-state index is 0. The minimum atomic E-state index is 0. The third-order valence-corrected chi connectivity index (χ3v) is 0. The maximum absolute atomic E-state index is 0. The number of hydrogen-bond acceptors (Lipinski definition) is 0. The van der Waals surface area contributed by atoms with Crippen molar-refractivity contribution in [2.75, 3.05) is 0 Å². The van der Waals surface area contributed by atoms with Crippen LogP contribution >= 0.6 is 0 Å². The fraction of sp³-hybridized carbons (Fsp3) is 0. The molecule has 0 fully saturated rings. The normalized spacial score (nSPS) is 0. The Kier molecular flexibility index (Phi) is 196. The zero-order valence-electron chi connectivity index (χ0n) is 1.62. The molecule has 29 valence electrons. The summed E-state index contributed by atoms with van der Waals surface area (Å²) in [6, 6.07) is 0. The molecule has 0 rings (SSSR count). The van der Waals surface area contributed by atoms with Crippen LogP contribution in [0.5, 0.6) is 0 Å². The molecular formula is CuNiSiTi. The first-order valence-corrected chi connectivity index (χ1v) is 0. The molecule has 0 aliphatic rings. The molecule has 0 saturated heterocycles. The van der Waals surface area contributed by atoms with Gasteiger partial charge in [-0.3, -0.25) is 0 Å². The van der Waals surface area contributed by atoms with Gasteiger partial charge in [-0.1, -0.05) is 0 Å². The number of hydrogen-bond donors (Lipinski definition) is 0.